The van der Waals surface area contributed by atoms with Crippen molar-refractivity contribution in [2.45, 2.75) is 26.2 Å². The molecule has 0 aliphatic rings. The third kappa shape index (κ3) is 3.57. The molecule has 0 radical (unpaired) electrons. The molecule has 0 amide bonds. The van der Waals surface area contributed by atoms with E-state index in [1.807, 2.05) is 20.8 Å². The van der Waals surface area contributed by atoms with Crippen molar-refractivity contribution in [2.24, 2.45) is 0 Å². The van der Waals surface area contributed by atoms with Crippen molar-refractivity contribution >= 4 is 27.5 Å². The molecule has 1 aromatic heterocycles. The fraction of sp³-hybridized carbons (Fsp3) is 0.545. The van der Waals surface area contributed by atoms with E-state index in [2.05, 4.69) is 9.71 Å². The molecule has 0 atom stereocenters. The summed E-state index contributed by atoms with van der Waals surface area (Å²) in [6.07, 6.45) is 1.65. The van der Waals surface area contributed by atoms with Crippen molar-refractivity contribution in [3.05, 3.63) is 23.0 Å². The van der Waals surface area contributed by atoms with Gasteiger partial charge in [0.15, 0.2) is 5.15 Å². The molecule has 1 aromatic rings. The van der Waals surface area contributed by atoms with E-state index in [9.17, 15) is 8.42 Å². The molecular formula is C11H18ClN3O2S. The Hall–Kier alpha value is -0.850. The highest BCUT2D eigenvalue weighted by molar-refractivity contribution is 7.90. The number of hydrogen-bond acceptors (Lipinski definition) is 3. The monoisotopic (exact) mass is 291 g/mol. The second kappa shape index (κ2) is 5.03. The summed E-state index contributed by atoms with van der Waals surface area (Å²) in [5.41, 5.74) is 1.07. The van der Waals surface area contributed by atoms with E-state index in [0.29, 0.717) is 0 Å². The maximum atomic E-state index is 11.7. The normalized spacial score (nSPS) is 12.8. The van der Waals surface area contributed by atoms with Crippen LogP contribution in [0.1, 0.15) is 26.3 Å². The Morgan fingerprint density at radius 1 is 1.33 bits per heavy atom. The smallest absolute Gasteiger partial charge is 0.268 e. The predicted octanol–water partition coefficient (Wildman–Crippen LogP) is 2.25. The molecule has 7 heteroatoms. The van der Waals surface area contributed by atoms with Crippen molar-refractivity contribution in [3.63, 3.8) is 0 Å². The van der Waals surface area contributed by atoms with Crippen molar-refractivity contribution in [1.82, 2.24) is 9.29 Å². The highest BCUT2D eigenvalue weighted by Crippen LogP contribution is 2.28. The quantitative estimate of drug-likeness (QED) is 0.869. The molecule has 0 aliphatic heterocycles. The molecule has 102 valence electrons. The summed E-state index contributed by atoms with van der Waals surface area (Å²) in [6.45, 7) is 6.05. The molecule has 18 heavy (non-hydrogen) atoms. The Balaban J connectivity index is 3.18. The van der Waals surface area contributed by atoms with Crippen LogP contribution in [-0.4, -0.2) is 31.8 Å². The van der Waals surface area contributed by atoms with Gasteiger partial charge in [0.2, 0.25) is 0 Å². The fourth-order valence-corrected chi connectivity index (χ4v) is 1.98. The van der Waals surface area contributed by atoms with Gasteiger partial charge in [0.1, 0.15) is 0 Å². The molecule has 1 N–H and O–H groups in total. The second-order valence-electron chi connectivity index (χ2n) is 5.20. The van der Waals surface area contributed by atoms with E-state index < -0.39 is 10.2 Å². The zero-order valence-corrected chi connectivity index (χ0v) is 12.7. The van der Waals surface area contributed by atoms with Gasteiger partial charge < -0.3 is 0 Å². The Bertz CT molecular complexity index is 536. The topological polar surface area (TPSA) is 62.3 Å². The lowest BCUT2D eigenvalue weighted by Crippen LogP contribution is -2.29. The molecule has 5 nitrogen and oxygen atoms in total. The van der Waals surface area contributed by atoms with E-state index in [1.54, 1.807) is 12.3 Å². The minimum Gasteiger partial charge on any atom is -0.268 e. The number of aromatic nitrogens is 1. The van der Waals surface area contributed by atoms with Crippen LogP contribution in [-0.2, 0) is 15.6 Å². The van der Waals surface area contributed by atoms with Gasteiger partial charge in [-0.2, -0.15) is 12.7 Å². The van der Waals surface area contributed by atoms with Gasteiger partial charge in [0, 0.05) is 20.3 Å². The number of nitrogens with one attached hydrogen (secondary N) is 1. The van der Waals surface area contributed by atoms with Crippen LogP contribution in [0.15, 0.2) is 12.3 Å². The minimum atomic E-state index is -3.58. The van der Waals surface area contributed by atoms with Gasteiger partial charge in [-0.25, -0.2) is 4.98 Å². The lowest BCUT2D eigenvalue weighted by Gasteiger charge is -2.20. The SMILES string of the molecule is CN(C)S(=O)(=O)Nc1cc(C(C)(C)C)cnc1Cl. The fourth-order valence-electron chi connectivity index (χ4n) is 1.16. The molecule has 0 fully saturated rings. The third-order valence-corrected chi connectivity index (χ3v) is 4.17. The zero-order valence-electron chi connectivity index (χ0n) is 11.2. The predicted molar refractivity (Wildman–Crippen MR) is 74.2 cm³/mol. The van der Waals surface area contributed by atoms with Gasteiger partial charge in [-0.1, -0.05) is 32.4 Å². The van der Waals surface area contributed by atoms with Gasteiger partial charge in [0.25, 0.3) is 0 Å². The third-order valence-electron chi connectivity index (χ3n) is 2.42. The van der Waals surface area contributed by atoms with Crippen molar-refractivity contribution < 1.29 is 8.42 Å². The van der Waals surface area contributed by atoms with Gasteiger partial charge in [0.05, 0.1) is 5.69 Å². The summed E-state index contributed by atoms with van der Waals surface area (Å²) in [5, 5.41) is 0.133. The van der Waals surface area contributed by atoms with Crippen LogP contribution in [0.25, 0.3) is 0 Å². The van der Waals surface area contributed by atoms with Crippen LogP contribution in [0, 0.1) is 0 Å². The summed E-state index contributed by atoms with van der Waals surface area (Å²) in [5.74, 6) is 0. The molecule has 1 heterocycles. The lowest BCUT2D eigenvalue weighted by molar-refractivity contribution is 0.526. The molecule has 0 saturated heterocycles. The molecule has 0 aliphatic carbocycles. The van der Waals surface area contributed by atoms with Crippen molar-refractivity contribution in [2.75, 3.05) is 18.8 Å². The van der Waals surface area contributed by atoms with Crippen molar-refractivity contribution in [1.29, 1.82) is 0 Å². The van der Waals surface area contributed by atoms with Gasteiger partial charge >= 0.3 is 10.2 Å². The van der Waals surface area contributed by atoms with Crippen LogP contribution in [0.5, 0.6) is 0 Å². The van der Waals surface area contributed by atoms with Crippen LogP contribution in [0.3, 0.4) is 0 Å². The number of hydrogen-bond donors (Lipinski definition) is 1. The van der Waals surface area contributed by atoms with E-state index in [1.165, 1.54) is 14.1 Å². The average molecular weight is 292 g/mol. The van der Waals surface area contributed by atoms with Crippen LogP contribution >= 0.6 is 11.6 Å². The van der Waals surface area contributed by atoms with Crippen LogP contribution in [0.2, 0.25) is 5.15 Å². The van der Waals surface area contributed by atoms with Gasteiger partial charge in [-0.3, -0.25) is 4.72 Å². The molecule has 1 rings (SSSR count). The first kappa shape index (κ1) is 15.2. The van der Waals surface area contributed by atoms with E-state index in [-0.39, 0.29) is 16.3 Å². The number of pyridine rings is 1. The summed E-state index contributed by atoms with van der Waals surface area (Å²) < 4.78 is 27.0. The second-order valence-corrected chi connectivity index (χ2v) is 7.44. The Labute approximate surface area is 113 Å². The summed E-state index contributed by atoms with van der Waals surface area (Å²) in [6, 6.07) is 1.70. The van der Waals surface area contributed by atoms with Gasteiger partial charge in [-0.05, 0) is 17.0 Å². The first-order valence-corrected chi connectivity index (χ1v) is 7.22. The lowest BCUT2D eigenvalue weighted by atomic mass is 9.88. The van der Waals surface area contributed by atoms with E-state index >= 15 is 0 Å². The maximum absolute atomic E-state index is 11.7. The van der Waals surface area contributed by atoms with Gasteiger partial charge in [-0.15, -0.1) is 0 Å². The number of nitrogens with zero attached hydrogens (tertiary/aromatic N) is 2. The first-order chi connectivity index (χ1) is 8.04. The largest absolute Gasteiger partial charge is 0.301 e. The number of rotatable bonds is 3. The van der Waals surface area contributed by atoms with Crippen LogP contribution in [0.4, 0.5) is 5.69 Å². The number of anilines is 1. The molecule has 0 unspecified atom stereocenters. The number of halogens is 1. The first-order valence-electron chi connectivity index (χ1n) is 5.40. The summed E-state index contributed by atoms with van der Waals surface area (Å²) in [7, 11) is -0.694. The average Bonchev–Trinajstić information content (AvgIpc) is 2.19. The summed E-state index contributed by atoms with van der Waals surface area (Å²) in [4.78, 5) is 4.01. The van der Waals surface area contributed by atoms with Crippen LogP contribution < -0.4 is 4.72 Å². The standard InChI is InChI=1S/C11H18ClN3O2S/c1-11(2,3)8-6-9(10(12)13-7-8)14-18(16,17)15(4)5/h6-7,14H,1-5H3. The van der Waals surface area contributed by atoms with E-state index in [4.69, 9.17) is 11.6 Å². The highest BCUT2D eigenvalue weighted by atomic mass is 35.5. The molecule has 0 spiro atoms. The molecule has 0 aromatic carbocycles. The van der Waals surface area contributed by atoms with Crippen molar-refractivity contribution in [3.8, 4) is 0 Å². The minimum absolute atomic E-state index is 0.129. The highest BCUT2D eigenvalue weighted by Gasteiger charge is 2.19. The Kier molecular flexibility index (Phi) is 4.25. The Morgan fingerprint density at radius 3 is 2.33 bits per heavy atom. The molecule has 0 saturated carbocycles. The Morgan fingerprint density at radius 2 is 1.89 bits per heavy atom. The molecule has 0 bridgehead atoms. The molecular weight excluding hydrogens is 274 g/mol. The maximum Gasteiger partial charge on any atom is 0.301 e. The summed E-state index contributed by atoms with van der Waals surface area (Å²) >= 11 is 5.90. The zero-order chi connectivity index (χ0) is 14.1. The van der Waals surface area contributed by atoms with E-state index in [0.717, 1.165) is 9.87 Å².